The molecule has 2 aromatic heterocycles. The molecule has 5 heteroatoms. The number of carbonyl (C=O) groups is 1. The van der Waals surface area contributed by atoms with Crippen LogP contribution < -0.4 is 10.9 Å². The normalized spacial score (nSPS) is 13.5. The highest BCUT2D eigenvalue weighted by atomic mass is 16.3. The molecule has 0 saturated heterocycles. The Bertz CT molecular complexity index is 1080. The van der Waals surface area contributed by atoms with Crippen LogP contribution in [0.3, 0.4) is 0 Å². The summed E-state index contributed by atoms with van der Waals surface area (Å²) in [4.78, 5) is 38.8. The van der Waals surface area contributed by atoms with Gasteiger partial charge < -0.3 is 8.83 Å². The van der Waals surface area contributed by atoms with Gasteiger partial charge >= 0.3 is 0 Å². The Morgan fingerprint density at radius 3 is 1.58 bits per heavy atom. The van der Waals surface area contributed by atoms with Crippen LogP contribution in [0.25, 0.3) is 0 Å². The van der Waals surface area contributed by atoms with Gasteiger partial charge in [0.15, 0.2) is 16.6 Å². The molecule has 2 heterocycles. The van der Waals surface area contributed by atoms with Crippen molar-refractivity contribution in [2.24, 2.45) is 5.92 Å². The standard InChI is InChI=1S/C26H36O5/c1-10-20-14(4)22(27)16(6)25(30-20)18(8)24(29)19(9)26-17(7)23(28)15(5)21(31-26)12-11-13(2)3/h13,18-19H,10-12H2,1-9H3. The highest BCUT2D eigenvalue weighted by molar-refractivity contribution is 5.90. The Hall–Kier alpha value is -2.43. The summed E-state index contributed by atoms with van der Waals surface area (Å²) in [6.45, 7) is 16.6. The first-order chi connectivity index (χ1) is 14.4. The van der Waals surface area contributed by atoms with Gasteiger partial charge in [0.25, 0.3) is 0 Å². The van der Waals surface area contributed by atoms with E-state index in [0.717, 1.165) is 6.42 Å². The fourth-order valence-corrected chi connectivity index (χ4v) is 4.07. The van der Waals surface area contributed by atoms with E-state index >= 15 is 0 Å². The third-order valence-electron chi connectivity index (χ3n) is 6.31. The van der Waals surface area contributed by atoms with E-state index in [-0.39, 0.29) is 16.6 Å². The summed E-state index contributed by atoms with van der Waals surface area (Å²) in [7, 11) is 0. The third kappa shape index (κ3) is 4.91. The lowest BCUT2D eigenvalue weighted by Crippen LogP contribution is -2.24. The van der Waals surface area contributed by atoms with Crippen molar-refractivity contribution in [3.63, 3.8) is 0 Å². The first-order valence-electron chi connectivity index (χ1n) is 11.2. The van der Waals surface area contributed by atoms with Crippen LogP contribution in [0, 0.1) is 33.6 Å². The Morgan fingerprint density at radius 2 is 1.16 bits per heavy atom. The number of hydrogen-bond acceptors (Lipinski definition) is 5. The molecule has 0 spiro atoms. The van der Waals surface area contributed by atoms with Gasteiger partial charge in [0.05, 0.1) is 11.8 Å². The van der Waals surface area contributed by atoms with Gasteiger partial charge in [0, 0.05) is 35.1 Å². The molecule has 0 bridgehead atoms. The van der Waals surface area contributed by atoms with Gasteiger partial charge in [-0.25, -0.2) is 0 Å². The topological polar surface area (TPSA) is 77.5 Å². The summed E-state index contributed by atoms with van der Waals surface area (Å²) in [6.07, 6.45) is 2.14. The molecule has 0 amide bonds. The smallest absolute Gasteiger partial charge is 0.191 e. The molecule has 0 aliphatic carbocycles. The molecule has 2 aromatic rings. The molecule has 5 nitrogen and oxygen atoms in total. The first-order valence-corrected chi connectivity index (χ1v) is 11.2. The molecule has 2 atom stereocenters. The number of Topliss-reactive ketones (excluding diaryl/α,β-unsaturated/α-hetero) is 1. The number of carbonyl (C=O) groups excluding carboxylic acids is 1. The third-order valence-corrected chi connectivity index (χ3v) is 6.31. The van der Waals surface area contributed by atoms with Gasteiger partial charge in [-0.2, -0.15) is 0 Å². The van der Waals surface area contributed by atoms with Crippen molar-refractivity contribution in [1.29, 1.82) is 0 Å². The summed E-state index contributed by atoms with van der Waals surface area (Å²) in [5, 5.41) is 0. The predicted octanol–water partition coefficient (Wildman–Crippen LogP) is 5.45. The molecule has 0 aromatic carbocycles. The Balaban J connectivity index is 2.49. The minimum Gasteiger partial charge on any atom is -0.465 e. The van der Waals surface area contributed by atoms with Crippen molar-refractivity contribution in [1.82, 2.24) is 0 Å². The lowest BCUT2D eigenvalue weighted by atomic mass is 9.88. The van der Waals surface area contributed by atoms with Crippen LogP contribution >= 0.6 is 0 Å². The first kappa shape index (κ1) is 24.8. The fourth-order valence-electron chi connectivity index (χ4n) is 4.07. The van der Waals surface area contributed by atoms with E-state index in [1.165, 1.54) is 0 Å². The van der Waals surface area contributed by atoms with Crippen molar-refractivity contribution in [3.05, 3.63) is 65.7 Å². The highest BCUT2D eigenvalue weighted by Crippen LogP contribution is 2.30. The SMILES string of the molecule is CCc1oc(C(C)C(=O)C(C)c2oc(CCC(C)C)c(C)c(=O)c2C)c(C)c(=O)c1C. The molecule has 0 radical (unpaired) electrons. The zero-order valence-electron chi connectivity index (χ0n) is 20.4. The molecule has 0 saturated carbocycles. The van der Waals surface area contributed by atoms with E-state index in [0.29, 0.717) is 64.1 Å². The van der Waals surface area contributed by atoms with Crippen LogP contribution in [0.1, 0.15) is 98.2 Å². The molecule has 0 aliphatic rings. The zero-order chi connectivity index (χ0) is 23.6. The van der Waals surface area contributed by atoms with Crippen molar-refractivity contribution in [3.8, 4) is 0 Å². The number of hydrogen-bond donors (Lipinski definition) is 0. The van der Waals surface area contributed by atoms with E-state index in [1.807, 2.05) is 6.92 Å². The maximum Gasteiger partial charge on any atom is 0.191 e. The van der Waals surface area contributed by atoms with E-state index in [1.54, 1.807) is 41.5 Å². The summed E-state index contributed by atoms with van der Waals surface area (Å²) >= 11 is 0. The quantitative estimate of drug-likeness (QED) is 0.558. The Labute approximate surface area is 184 Å². The van der Waals surface area contributed by atoms with Crippen LogP contribution in [-0.2, 0) is 17.6 Å². The van der Waals surface area contributed by atoms with Gasteiger partial charge in [-0.05, 0) is 53.9 Å². The zero-order valence-corrected chi connectivity index (χ0v) is 20.4. The molecular formula is C26H36O5. The van der Waals surface area contributed by atoms with Gasteiger partial charge in [0.1, 0.15) is 23.0 Å². The van der Waals surface area contributed by atoms with Crippen LogP contribution in [0.2, 0.25) is 0 Å². The largest absolute Gasteiger partial charge is 0.465 e. The molecule has 31 heavy (non-hydrogen) atoms. The second-order valence-corrected chi connectivity index (χ2v) is 9.07. The summed E-state index contributed by atoms with van der Waals surface area (Å²) in [6, 6.07) is 0. The molecule has 2 unspecified atom stereocenters. The minimum absolute atomic E-state index is 0.0707. The molecule has 0 fully saturated rings. The summed E-state index contributed by atoms with van der Waals surface area (Å²) < 4.78 is 12.1. The van der Waals surface area contributed by atoms with Crippen molar-refractivity contribution in [2.45, 2.75) is 93.4 Å². The van der Waals surface area contributed by atoms with Crippen molar-refractivity contribution in [2.75, 3.05) is 0 Å². The lowest BCUT2D eigenvalue weighted by molar-refractivity contribution is -0.122. The molecule has 2 rings (SSSR count). The second-order valence-electron chi connectivity index (χ2n) is 9.07. The van der Waals surface area contributed by atoms with Crippen LogP contribution in [-0.4, -0.2) is 5.78 Å². The van der Waals surface area contributed by atoms with Gasteiger partial charge in [-0.1, -0.05) is 20.8 Å². The van der Waals surface area contributed by atoms with Gasteiger partial charge in [-0.3, -0.25) is 14.4 Å². The minimum atomic E-state index is -0.628. The average molecular weight is 429 g/mol. The van der Waals surface area contributed by atoms with Crippen molar-refractivity contribution >= 4 is 5.78 Å². The molecule has 0 N–H and O–H groups in total. The van der Waals surface area contributed by atoms with E-state index in [4.69, 9.17) is 8.83 Å². The summed E-state index contributed by atoms with van der Waals surface area (Å²) in [5.74, 6) is 1.15. The molecule has 170 valence electrons. The maximum atomic E-state index is 13.4. The van der Waals surface area contributed by atoms with E-state index in [2.05, 4.69) is 13.8 Å². The highest BCUT2D eigenvalue weighted by Gasteiger charge is 2.31. The lowest BCUT2D eigenvalue weighted by Gasteiger charge is -2.20. The number of rotatable bonds is 8. The monoisotopic (exact) mass is 428 g/mol. The molecular weight excluding hydrogens is 392 g/mol. The second kappa shape index (κ2) is 9.80. The van der Waals surface area contributed by atoms with E-state index < -0.39 is 11.8 Å². The Morgan fingerprint density at radius 1 is 0.742 bits per heavy atom. The predicted molar refractivity (Wildman–Crippen MR) is 123 cm³/mol. The van der Waals surface area contributed by atoms with Crippen LogP contribution in [0.5, 0.6) is 0 Å². The number of ketones is 1. The Kier molecular flexibility index (Phi) is 7.85. The van der Waals surface area contributed by atoms with Crippen molar-refractivity contribution < 1.29 is 13.6 Å². The maximum absolute atomic E-state index is 13.4. The van der Waals surface area contributed by atoms with Crippen LogP contribution in [0.15, 0.2) is 18.4 Å². The van der Waals surface area contributed by atoms with E-state index in [9.17, 15) is 14.4 Å². The average Bonchev–Trinajstić information content (AvgIpc) is 2.74. The van der Waals surface area contributed by atoms with Gasteiger partial charge in [-0.15, -0.1) is 0 Å². The number of aryl methyl sites for hydroxylation is 2. The summed E-state index contributed by atoms with van der Waals surface area (Å²) in [5.41, 5.74) is 1.98. The fraction of sp³-hybridized carbons (Fsp3) is 0.577. The molecule has 0 aliphatic heterocycles. The van der Waals surface area contributed by atoms with Crippen LogP contribution in [0.4, 0.5) is 0 Å². The van der Waals surface area contributed by atoms with Gasteiger partial charge in [0.2, 0.25) is 0 Å².